The highest BCUT2D eigenvalue weighted by atomic mass is 16.5. The van der Waals surface area contributed by atoms with E-state index in [1.165, 1.54) is 14.0 Å². The van der Waals surface area contributed by atoms with E-state index in [0.29, 0.717) is 34.7 Å². The molecule has 0 saturated heterocycles. The molecule has 1 aliphatic carbocycles. The van der Waals surface area contributed by atoms with Crippen molar-refractivity contribution in [3.63, 3.8) is 0 Å². The summed E-state index contributed by atoms with van der Waals surface area (Å²) in [6.07, 6.45) is 0.836. The fourth-order valence-corrected chi connectivity index (χ4v) is 5.52. The van der Waals surface area contributed by atoms with Crippen LogP contribution in [0.4, 0.5) is 11.4 Å². The first-order chi connectivity index (χ1) is 18.9. The Bertz CT molecular complexity index is 1480. The van der Waals surface area contributed by atoms with E-state index in [1.54, 1.807) is 43.4 Å². The van der Waals surface area contributed by atoms with Gasteiger partial charge in [0.2, 0.25) is 5.91 Å². The number of carbonyl (C=O) groups excluding carboxylic acids is 3. The lowest BCUT2D eigenvalue weighted by molar-refractivity contribution is -0.117. The lowest BCUT2D eigenvalue weighted by atomic mass is 9.78. The van der Waals surface area contributed by atoms with Gasteiger partial charge in [-0.3, -0.25) is 14.5 Å². The number of allylic oxidation sites excluding steroid dienone is 1. The Labute approximate surface area is 227 Å². The fourth-order valence-electron chi connectivity index (χ4n) is 5.52. The average Bonchev–Trinajstić information content (AvgIpc) is 3.11. The molecular formula is C31H30N2O6. The van der Waals surface area contributed by atoms with Crippen molar-refractivity contribution in [3.8, 4) is 11.5 Å². The van der Waals surface area contributed by atoms with Gasteiger partial charge in [0.1, 0.15) is 0 Å². The van der Waals surface area contributed by atoms with Gasteiger partial charge in [0.25, 0.3) is 0 Å². The summed E-state index contributed by atoms with van der Waals surface area (Å²) in [4.78, 5) is 40.9. The number of ketones is 1. The predicted molar refractivity (Wildman–Crippen MR) is 147 cm³/mol. The number of para-hydroxylation sites is 2. The van der Waals surface area contributed by atoms with Gasteiger partial charge in [-0.1, -0.05) is 30.3 Å². The van der Waals surface area contributed by atoms with Gasteiger partial charge in [-0.15, -0.1) is 0 Å². The number of fused-ring (bicyclic) bond motifs is 1. The van der Waals surface area contributed by atoms with E-state index >= 15 is 0 Å². The number of carbonyl (C=O) groups is 3. The van der Waals surface area contributed by atoms with Crippen LogP contribution in [-0.4, -0.2) is 39.0 Å². The maximum Gasteiger partial charge on any atom is 0.337 e. The molecule has 2 aliphatic rings. The van der Waals surface area contributed by atoms with E-state index in [0.717, 1.165) is 22.5 Å². The molecule has 0 radical (unpaired) electrons. The minimum Gasteiger partial charge on any atom is -0.493 e. The molecule has 8 heteroatoms. The third-order valence-corrected chi connectivity index (χ3v) is 7.35. The molecule has 0 fully saturated rings. The van der Waals surface area contributed by atoms with Gasteiger partial charge in [0.15, 0.2) is 17.3 Å². The SMILES string of the molecule is COC(=O)c1ccc([C@H]2C3=C(C[C@H](c4ccc(OC)c(OC)c4)CC3=O)Nc3ccccc3N2C(C)=O)cc1. The zero-order chi connectivity index (χ0) is 27.7. The Morgan fingerprint density at radius 3 is 2.23 bits per heavy atom. The van der Waals surface area contributed by atoms with Crippen molar-refractivity contribution in [1.29, 1.82) is 0 Å². The monoisotopic (exact) mass is 526 g/mol. The van der Waals surface area contributed by atoms with Gasteiger partial charge >= 0.3 is 5.97 Å². The van der Waals surface area contributed by atoms with E-state index in [-0.39, 0.29) is 24.0 Å². The third kappa shape index (κ3) is 4.74. The lowest BCUT2D eigenvalue weighted by Gasteiger charge is -2.34. The van der Waals surface area contributed by atoms with Crippen molar-refractivity contribution in [1.82, 2.24) is 0 Å². The van der Waals surface area contributed by atoms with Crippen molar-refractivity contribution in [3.05, 3.63) is 94.7 Å². The minimum atomic E-state index is -0.667. The first-order valence-corrected chi connectivity index (χ1v) is 12.7. The zero-order valence-electron chi connectivity index (χ0n) is 22.3. The van der Waals surface area contributed by atoms with Crippen LogP contribution < -0.4 is 19.7 Å². The topological polar surface area (TPSA) is 94.2 Å². The number of benzene rings is 3. The molecule has 39 heavy (non-hydrogen) atoms. The Hall–Kier alpha value is -4.59. The number of hydrogen-bond acceptors (Lipinski definition) is 7. The van der Waals surface area contributed by atoms with Crippen LogP contribution in [0.5, 0.6) is 11.5 Å². The molecule has 5 rings (SSSR count). The highest BCUT2D eigenvalue weighted by Crippen LogP contribution is 2.48. The lowest BCUT2D eigenvalue weighted by Crippen LogP contribution is -2.37. The Morgan fingerprint density at radius 2 is 1.56 bits per heavy atom. The number of anilines is 2. The highest BCUT2D eigenvalue weighted by Gasteiger charge is 2.41. The first kappa shape index (κ1) is 26.0. The smallest absolute Gasteiger partial charge is 0.337 e. The van der Waals surface area contributed by atoms with Crippen LogP contribution in [0.2, 0.25) is 0 Å². The molecule has 0 unspecified atom stereocenters. The Morgan fingerprint density at radius 1 is 0.872 bits per heavy atom. The fraction of sp³-hybridized carbons (Fsp3) is 0.258. The van der Waals surface area contributed by atoms with Gasteiger partial charge < -0.3 is 19.5 Å². The summed E-state index contributed by atoms with van der Waals surface area (Å²) in [5.74, 6) is 0.427. The predicted octanol–water partition coefficient (Wildman–Crippen LogP) is 5.41. The van der Waals surface area contributed by atoms with E-state index in [4.69, 9.17) is 14.2 Å². The number of methoxy groups -OCH3 is 3. The summed E-state index contributed by atoms with van der Waals surface area (Å²) in [6, 6.07) is 19.5. The summed E-state index contributed by atoms with van der Waals surface area (Å²) in [5, 5.41) is 3.50. The van der Waals surface area contributed by atoms with Crippen LogP contribution in [0.1, 0.15) is 53.2 Å². The molecule has 1 aliphatic heterocycles. The van der Waals surface area contributed by atoms with E-state index < -0.39 is 12.0 Å². The molecule has 200 valence electrons. The molecule has 8 nitrogen and oxygen atoms in total. The minimum absolute atomic E-state index is 0.0513. The van der Waals surface area contributed by atoms with Gasteiger partial charge in [0.05, 0.1) is 44.3 Å². The molecule has 0 aromatic heterocycles. The van der Waals surface area contributed by atoms with Crippen LogP contribution in [0.3, 0.4) is 0 Å². The Kier molecular flexibility index (Phi) is 7.11. The Balaban J connectivity index is 1.65. The quantitative estimate of drug-likeness (QED) is 0.444. The van der Waals surface area contributed by atoms with Gasteiger partial charge in [-0.05, 0) is 59.9 Å². The van der Waals surface area contributed by atoms with Gasteiger partial charge in [-0.2, -0.15) is 0 Å². The number of nitrogens with zero attached hydrogens (tertiary/aromatic N) is 1. The second kappa shape index (κ2) is 10.6. The summed E-state index contributed by atoms with van der Waals surface area (Å²) in [6.45, 7) is 1.50. The van der Waals surface area contributed by atoms with Crippen molar-refractivity contribution in [2.75, 3.05) is 31.5 Å². The standard InChI is InChI=1S/C31H30N2O6/c1-18(34)33-25-8-6-5-7-23(25)32-24-15-22(21-13-14-27(37-2)28(17-21)38-3)16-26(35)29(24)30(33)19-9-11-20(12-10-19)31(36)39-4/h5-14,17,22,30,32H,15-16H2,1-4H3/t22-,30-/m0/s1. The molecule has 1 N–H and O–H groups in total. The molecule has 2 atom stereocenters. The van der Waals surface area contributed by atoms with E-state index in [1.807, 2.05) is 42.5 Å². The van der Waals surface area contributed by atoms with Crippen LogP contribution >= 0.6 is 0 Å². The molecule has 3 aromatic rings. The molecule has 0 bridgehead atoms. The first-order valence-electron chi connectivity index (χ1n) is 12.7. The number of rotatable bonds is 5. The van der Waals surface area contributed by atoms with Crippen LogP contribution in [-0.2, 0) is 14.3 Å². The highest BCUT2D eigenvalue weighted by molar-refractivity contribution is 6.06. The van der Waals surface area contributed by atoms with E-state index in [2.05, 4.69) is 5.32 Å². The van der Waals surface area contributed by atoms with Crippen molar-refractivity contribution in [2.45, 2.75) is 31.7 Å². The summed E-state index contributed by atoms with van der Waals surface area (Å²) in [7, 11) is 4.50. The van der Waals surface area contributed by atoms with Crippen LogP contribution in [0, 0.1) is 0 Å². The molecule has 1 amide bonds. The number of Topliss-reactive ketones (excluding diaryl/α,β-unsaturated/α-hetero) is 1. The molecule has 0 saturated carbocycles. The second-order valence-corrected chi connectivity index (χ2v) is 9.58. The van der Waals surface area contributed by atoms with Crippen molar-refractivity contribution >= 4 is 29.0 Å². The largest absolute Gasteiger partial charge is 0.493 e. The molecule has 1 heterocycles. The molecule has 3 aromatic carbocycles. The summed E-state index contributed by atoms with van der Waals surface area (Å²) in [5.41, 5.74) is 4.82. The number of nitrogens with one attached hydrogen (secondary N) is 1. The van der Waals surface area contributed by atoms with E-state index in [9.17, 15) is 14.4 Å². The van der Waals surface area contributed by atoms with Crippen LogP contribution in [0.15, 0.2) is 78.0 Å². The number of ether oxygens (including phenoxy) is 3. The molecule has 0 spiro atoms. The number of esters is 1. The maximum absolute atomic E-state index is 14.0. The summed E-state index contributed by atoms with van der Waals surface area (Å²) < 4.78 is 15.7. The van der Waals surface area contributed by atoms with Crippen LogP contribution in [0.25, 0.3) is 0 Å². The van der Waals surface area contributed by atoms with Crippen molar-refractivity contribution in [2.24, 2.45) is 0 Å². The van der Waals surface area contributed by atoms with Gasteiger partial charge in [0, 0.05) is 24.6 Å². The normalized spacial score (nSPS) is 18.4. The maximum atomic E-state index is 14.0. The average molecular weight is 527 g/mol. The molecular weight excluding hydrogens is 496 g/mol. The summed E-state index contributed by atoms with van der Waals surface area (Å²) >= 11 is 0. The zero-order valence-corrected chi connectivity index (χ0v) is 22.3. The van der Waals surface area contributed by atoms with Crippen molar-refractivity contribution < 1.29 is 28.6 Å². The number of amides is 1. The van der Waals surface area contributed by atoms with Gasteiger partial charge in [-0.25, -0.2) is 4.79 Å². The third-order valence-electron chi connectivity index (χ3n) is 7.35. The number of hydrogen-bond donors (Lipinski definition) is 1. The second-order valence-electron chi connectivity index (χ2n) is 9.58.